The van der Waals surface area contributed by atoms with Crippen LogP contribution >= 0.6 is 0 Å². The lowest BCUT2D eigenvalue weighted by Gasteiger charge is -2.22. The van der Waals surface area contributed by atoms with Gasteiger partial charge in [-0.3, -0.25) is 4.79 Å². The largest absolute Gasteiger partial charge is 0.407 e. The number of carbonyl (C=O) groups is 1. The van der Waals surface area contributed by atoms with Gasteiger partial charge in [0.05, 0.1) is 18.6 Å². The summed E-state index contributed by atoms with van der Waals surface area (Å²) in [7, 11) is 0. The summed E-state index contributed by atoms with van der Waals surface area (Å²) in [5.41, 5.74) is 6.03. The molecule has 2 aromatic rings. The molecule has 0 spiro atoms. The highest BCUT2D eigenvalue weighted by Gasteiger charge is 2.56. The molecule has 1 amide bonds. The van der Waals surface area contributed by atoms with E-state index in [2.05, 4.69) is 10.2 Å². The lowest BCUT2D eigenvalue weighted by molar-refractivity contribution is -0.125. The van der Waals surface area contributed by atoms with Gasteiger partial charge in [-0.2, -0.15) is 0 Å². The van der Waals surface area contributed by atoms with Crippen molar-refractivity contribution in [1.82, 2.24) is 15.1 Å². The van der Waals surface area contributed by atoms with E-state index < -0.39 is 5.41 Å². The van der Waals surface area contributed by atoms with E-state index in [1.807, 2.05) is 0 Å². The molecule has 1 aromatic carbocycles. The molecule has 0 unspecified atom stereocenters. The van der Waals surface area contributed by atoms with E-state index in [1.165, 1.54) is 12.1 Å². The fraction of sp³-hybridized carbons (Fsp3) is 0.389. The Balaban J connectivity index is 1.57. The maximum Gasteiger partial charge on any atom is 0.312 e. The van der Waals surface area contributed by atoms with Crippen LogP contribution in [0.1, 0.15) is 18.4 Å². The molecule has 2 aliphatic heterocycles. The fourth-order valence-corrected chi connectivity index (χ4v) is 3.78. The van der Waals surface area contributed by atoms with E-state index in [0.717, 1.165) is 0 Å². The van der Waals surface area contributed by atoms with Gasteiger partial charge in [-0.15, -0.1) is 5.10 Å². The Labute approximate surface area is 149 Å². The van der Waals surface area contributed by atoms with Crippen molar-refractivity contribution < 1.29 is 18.3 Å². The zero-order chi connectivity index (χ0) is 18.3. The van der Waals surface area contributed by atoms with Crippen molar-refractivity contribution in [1.29, 1.82) is 0 Å². The SMILES string of the molecule is C/C(=C\C(=O)N1C[C@H]2COC[C@@]2(c2nnc(N)o2)C1)c1ccccc1F. The molecule has 8 heteroatoms. The van der Waals surface area contributed by atoms with E-state index in [1.54, 1.807) is 30.0 Å². The van der Waals surface area contributed by atoms with Crippen LogP contribution in [0.5, 0.6) is 0 Å². The summed E-state index contributed by atoms with van der Waals surface area (Å²) in [6.07, 6.45) is 1.47. The molecular formula is C18H19FN4O3. The number of allylic oxidation sites excluding steroid dienone is 1. The van der Waals surface area contributed by atoms with Crippen LogP contribution in [0.3, 0.4) is 0 Å². The maximum atomic E-state index is 13.9. The van der Waals surface area contributed by atoms with Crippen LogP contribution < -0.4 is 5.73 Å². The molecule has 2 fully saturated rings. The maximum absolute atomic E-state index is 13.9. The predicted octanol–water partition coefficient (Wildman–Crippen LogP) is 1.62. The van der Waals surface area contributed by atoms with E-state index >= 15 is 0 Å². The molecular weight excluding hydrogens is 339 g/mol. The highest BCUT2D eigenvalue weighted by atomic mass is 19.1. The summed E-state index contributed by atoms with van der Waals surface area (Å²) in [6.45, 7) is 3.56. The van der Waals surface area contributed by atoms with Crippen molar-refractivity contribution in [3.8, 4) is 0 Å². The highest BCUT2D eigenvalue weighted by Crippen LogP contribution is 2.43. The van der Waals surface area contributed by atoms with Gasteiger partial charge >= 0.3 is 6.01 Å². The van der Waals surface area contributed by atoms with E-state index in [9.17, 15) is 9.18 Å². The van der Waals surface area contributed by atoms with Crippen LogP contribution in [0, 0.1) is 11.7 Å². The standard InChI is InChI=1S/C18H19FN4O3/c1-11(13-4-2-3-5-14(13)19)6-15(24)23-7-12-8-25-10-18(12,9-23)16-21-22-17(20)26-16/h2-6,12H,7-10H2,1H3,(H2,20,22)/b11-6+/t12-,18-/m0/s1. The minimum absolute atomic E-state index is 0.0000876. The number of nitrogens with zero attached hydrogens (tertiary/aromatic N) is 3. The number of nitrogens with two attached hydrogens (primary N) is 1. The number of ether oxygens (including phenoxy) is 1. The van der Waals surface area contributed by atoms with E-state index in [-0.39, 0.29) is 23.7 Å². The Morgan fingerprint density at radius 1 is 1.42 bits per heavy atom. The molecule has 0 aliphatic carbocycles. The second-order valence-corrected chi connectivity index (χ2v) is 6.84. The molecule has 3 heterocycles. The third kappa shape index (κ3) is 2.66. The number of hydrogen-bond donors (Lipinski definition) is 1. The van der Waals surface area contributed by atoms with E-state index in [0.29, 0.717) is 43.3 Å². The Morgan fingerprint density at radius 3 is 2.96 bits per heavy atom. The molecule has 1 aromatic heterocycles. The molecule has 7 nitrogen and oxygen atoms in total. The summed E-state index contributed by atoms with van der Waals surface area (Å²) in [5, 5.41) is 7.75. The van der Waals surface area contributed by atoms with Crippen LogP contribution in [-0.4, -0.2) is 47.3 Å². The van der Waals surface area contributed by atoms with Gasteiger partial charge < -0.3 is 19.8 Å². The molecule has 2 atom stereocenters. The van der Waals surface area contributed by atoms with Crippen LogP contribution in [0.4, 0.5) is 10.4 Å². The van der Waals surface area contributed by atoms with E-state index in [4.69, 9.17) is 14.9 Å². The molecule has 26 heavy (non-hydrogen) atoms. The molecule has 2 N–H and O–H groups in total. The van der Waals surface area contributed by atoms with Gasteiger partial charge in [0.15, 0.2) is 0 Å². The van der Waals surface area contributed by atoms with Crippen molar-refractivity contribution in [2.45, 2.75) is 12.3 Å². The summed E-state index contributed by atoms with van der Waals surface area (Å²) in [6, 6.07) is 6.40. The van der Waals surface area contributed by atoms with Crippen LogP contribution in [0.2, 0.25) is 0 Å². The molecule has 2 aliphatic rings. The number of likely N-dealkylation sites (tertiary alicyclic amines) is 1. The smallest absolute Gasteiger partial charge is 0.312 e. The molecule has 4 rings (SSSR count). The number of aromatic nitrogens is 2. The average Bonchev–Trinajstić information content (AvgIpc) is 3.28. The zero-order valence-corrected chi connectivity index (χ0v) is 14.3. The normalized spacial score (nSPS) is 25.5. The molecule has 2 saturated heterocycles. The lowest BCUT2D eigenvalue weighted by Crippen LogP contribution is -2.37. The molecule has 0 saturated carbocycles. The molecule has 136 valence electrons. The summed E-state index contributed by atoms with van der Waals surface area (Å²) in [4.78, 5) is 14.5. The summed E-state index contributed by atoms with van der Waals surface area (Å²) >= 11 is 0. The topological polar surface area (TPSA) is 94.5 Å². The Kier molecular flexibility index (Phi) is 3.99. The number of nitrogen functional groups attached to an aromatic ring is 1. The number of benzene rings is 1. The van der Waals surface area contributed by atoms with Gasteiger partial charge in [0, 0.05) is 30.6 Å². The lowest BCUT2D eigenvalue weighted by atomic mass is 9.81. The van der Waals surface area contributed by atoms with Crippen molar-refractivity contribution >= 4 is 17.5 Å². The number of amides is 1. The van der Waals surface area contributed by atoms with Gasteiger partial charge in [0.25, 0.3) is 0 Å². The van der Waals surface area contributed by atoms with Crippen LogP contribution in [-0.2, 0) is 14.9 Å². The second-order valence-electron chi connectivity index (χ2n) is 6.84. The Bertz CT molecular complexity index is 881. The summed E-state index contributed by atoms with van der Waals surface area (Å²) < 4.78 is 25.0. The van der Waals surface area contributed by atoms with Crippen molar-refractivity contribution in [2.75, 3.05) is 32.0 Å². The fourth-order valence-electron chi connectivity index (χ4n) is 3.78. The molecule has 0 radical (unpaired) electrons. The number of carbonyl (C=O) groups excluding carboxylic acids is 1. The first-order chi connectivity index (χ1) is 12.5. The number of rotatable bonds is 3. The third-order valence-corrected chi connectivity index (χ3v) is 5.19. The number of anilines is 1. The van der Waals surface area contributed by atoms with Crippen molar-refractivity contribution in [2.24, 2.45) is 5.92 Å². The minimum Gasteiger partial charge on any atom is -0.407 e. The molecule has 0 bridgehead atoms. The van der Waals surface area contributed by atoms with Gasteiger partial charge in [0.2, 0.25) is 11.8 Å². The minimum atomic E-state index is -0.528. The van der Waals surface area contributed by atoms with Gasteiger partial charge in [-0.05, 0) is 18.6 Å². The quantitative estimate of drug-likeness (QED) is 0.838. The van der Waals surface area contributed by atoms with Crippen molar-refractivity contribution in [3.63, 3.8) is 0 Å². The van der Waals surface area contributed by atoms with Crippen molar-refractivity contribution in [3.05, 3.63) is 47.6 Å². The number of hydrogen-bond acceptors (Lipinski definition) is 6. The average molecular weight is 358 g/mol. The first-order valence-corrected chi connectivity index (χ1v) is 8.39. The van der Waals surface area contributed by atoms with Crippen LogP contribution in [0.25, 0.3) is 5.57 Å². The van der Waals surface area contributed by atoms with Gasteiger partial charge in [0.1, 0.15) is 5.82 Å². The van der Waals surface area contributed by atoms with Gasteiger partial charge in [-0.1, -0.05) is 23.3 Å². The first-order valence-electron chi connectivity index (χ1n) is 8.39. The highest BCUT2D eigenvalue weighted by molar-refractivity contribution is 5.95. The number of fused-ring (bicyclic) bond motifs is 1. The van der Waals surface area contributed by atoms with Crippen LogP contribution in [0.15, 0.2) is 34.8 Å². The third-order valence-electron chi connectivity index (χ3n) is 5.19. The van der Waals surface area contributed by atoms with Gasteiger partial charge in [-0.25, -0.2) is 4.39 Å². The Morgan fingerprint density at radius 2 is 2.23 bits per heavy atom. The predicted molar refractivity (Wildman–Crippen MR) is 91.3 cm³/mol. The number of halogens is 1. The monoisotopic (exact) mass is 358 g/mol. The first kappa shape index (κ1) is 16.7. The second kappa shape index (κ2) is 6.21. The zero-order valence-electron chi connectivity index (χ0n) is 14.3. The summed E-state index contributed by atoms with van der Waals surface area (Å²) in [5.74, 6) is -0.0540. The Hall–Kier alpha value is -2.74.